The topological polar surface area (TPSA) is 45.2 Å². The predicted molar refractivity (Wildman–Crippen MR) is 62.6 cm³/mol. The van der Waals surface area contributed by atoms with Crippen LogP contribution < -0.4 is 5.32 Å². The molecule has 0 bridgehead atoms. The van der Waals surface area contributed by atoms with Crippen molar-refractivity contribution in [2.75, 3.05) is 19.6 Å². The second-order valence-corrected chi connectivity index (χ2v) is 4.36. The summed E-state index contributed by atoms with van der Waals surface area (Å²) in [5.74, 6) is 0.0255. The zero-order chi connectivity index (χ0) is 11.5. The van der Waals surface area contributed by atoms with Gasteiger partial charge in [0, 0.05) is 31.9 Å². The van der Waals surface area contributed by atoms with Crippen LogP contribution in [0.4, 0.5) is 0 Å². The van der Waals surface area contributed by atoms with Gasteiger partial charge in [0.1, 0.15) is 5.15 Å². The van der Waals surface area contributed by atoms with E-state index in [-0.39, 0.29) is 5.91 Å². The maximum atomic E-state index is 12.1. The summed E-state index contributed by atoms with van der Waals surface area (Å²) < 4.78 is 0. The quantitative estimate of drug-likeness (QED) is 0.749. The Labute approximate surface area is 99.6 Å². The average Bonchev–Trinajstić information content (AvgIpc) is 2.29. The monoisotopic (exact) mass is 239 g/mol. The van der Waals surface area contributed by atoms with Gasteiger partial charge in [-0.05, 0) is 19.1 Å². The molecule has 0 radical (unpaired) electrons. The Hall–Kier alpha value is -1.13. The summed E-state index contributed by atoms with van der Waals surface area (Å²) >= 11 is 5.68. The van der Waals surface area contributed by atoms with E-state index >= 15 is 0 Å². The summed E-state index contributed by atoms with van der Waals surface area (Å²) in [7, 11) is 0. The maximum absolute atomic E-state index is 12.1. The lowest BCUT2D eigenvalue weighted by Gasteiger charge is -2.31. The Morgan fingerprint density at radius 1 is 1.62 bits per heavy atom. The van der Waals surface area contributed by atoms with E-state index in [2.05, 4.69) is 17.2 Å². The number of carbonyl (C=O) groups is 1. The fourth-order valence-electron chi connectivity index (χ4n) is 1.80. The van der Waals surface area contributed by atoms with E-state index in [4.69, 9.17) is 11.6 Å². The number of nitrogens with one attached hydrogen (secondary N) is 1. The lowest BCUT2D eigenvalue weighted by Crippen LogP contribution is -2.51. The van der Waals surface area contributed by atoms with Crippen molar-refractivity contribution in [1.29, 1.82) is 0 Å². The molecule has 1 fully saturated rings. The molecule has 1 unspecified atom stereocenters. The van der Waals surface area contributed by atoms with Crippen LogP contribution >= 0.6 is 11.6 Å². The molecule has 1 aliphatic heterocycles. The SMILES string of the molecule is CC1CN(C(=O)c2ccc(Cl)nc2)CCN1. The molecule has 1 aromatic heterocycles. The highest BCUT2D eigenvalue weighted by Gasteiger charge is 2.21. The summed E-state index contributed by atoms with van der Waals surface area (Å²) in [6.07, 6.45) is 1.53. The second-order valence-electron chi connectivity index (χ2n) is 3.98. The molecule has 1 aromatic rings. The molecule has 2 rings (SSSR count). The molecule has 2 heterocycles. The standard InChI is InChI=1S/C11H14ClN3O/c1-8-7-15(5-4-13-8)11(16)9-2-3-10(12)14-6-9/h2-3,6,8,13H,4-5,7H2,1H3. The highest BCUT2D eigenvalue weighted by molar-refractivity contribution is 6.29. The first kappa shape index (κ1) is 11.4. The third kappa shape index (κ3) is 2.51. The summed E-state index contributed by atoms with van der Waals surface area (Å²) in [5, 5.41) is 3.70. The smallest absolute Gasteiger partial charge is 0.255 e. The molecular formula is C11H14ClN3O. The van der Waals surface area contributed by atoms with Crippen LogP contribution in [-0.2, 0) is 0 Å². The van der Waals surface area contributed by atoms with Gasteiger partial charge in [-0.2, -0.15) is 0 Å². The van der Waals surface area contributed by atoms with Gasteiger partial charge >= 0.3 is 0 Å². The molecule has 1 saturated heterocycles. The largest absolute Gasteiger partial charge is 0.336 e. The van der Waals surface area contributed by atoms with Crippen LogP contribution in [0.25, 0.3) is 0 Å². The van der Waals surface area contributed by atoms with Crippen LogP contribution in [0.15, 0.2) is 18.3 Å². The number of piperazine rings is 1. The molecular weight excluding hydrogens is 226 g/mol. The Bertz CT molecular complexity index is 379. The van der Waals surface area contributed by atoms with Gasteiger partial charge in [0.25, 0.3) is 5.91 Å². The minimum atomic E-state index is 0.0255. The van der Waals surface area contributed by atoms with Crippen LogP contribution in [0.3, 0.4) is 0 Å². The third-order valence-electron chi connectivity index (χ3n) is 2.63. The Morgan fingerprint density at radius 3 is 3.06 bits per heavy atom. The lowest BCUT2D eigenvalue weighted by atomic mass is 10.2. The van der Waals surface area contributed by atoms with Crippen molar-refractivity contribution in [3.8, 4) is 0 Å². The van der Waals surface area contributed by atoms with Crippen molar-refractivity contribution in [2.45, 2.75) is 13.0 Å². The first-order valence-electron chi connectivity index (χ1n) is 5.31. The van der Waals surface area contributed by atoms with Crippen molar-refractivity contribution in [3.63, 3.8) is 0 Å². The predicted octanol–water partition coefficient (Wildman–Crippen LogP) is 1.17. The van der Waals surface area contributed by atoms with Gasteiger partial charge in [0.05, 0.1) is 5.56 Å². The molecule has 0 aliphatic carbocycles. The van der Waals surface area contributed by atoms with Crippen molar-refractivity contribution >= 4 is 17.5 Å². The van der Waals surface area contributed by atoms with E-state index in [1.54, 1.807) is 12.1 Å². The molecule has 0 aromatic carbocycles. The first-order chi connectivity index (χ1) is 7.66. The van der Waals surface area contributed by atoms with Gasteiger partial charge in [-0.25, -0.2) is 4.98 Å². The van der Waals surface area contributed by atoms with E-state index in [1.165, 1.54) is 6.20 Å². The van der Waals surface area contributed by atoms with Gasteiger partial charge < -0.3 is 10.2 Å². The Morgan fingerprint density at radius 2 is 2.44 bits per heavy atom. The fourth-order valence-corrected chi connectivity index (χ4v) is 1.91. The molecule has 5 heteroatoms. The van der Waals surface area contributed by atoms with Gasteiger partial charge in [-0.1, -0.05) is 11.6 Å². The molecule has 1 aliphatic rings. The molecule has 1 atom stereocenters. The van der Waals surface area contributed by atoms with Crippen LogP contribution in [-0.4, -0.2) is 41.5 Å². The van der Waals surface area contributed by atoms with Crippen molar-refractivity contribution in [1.82, 2.24) is 15.2 Å². The number of nitrogens with zero attached hydrogens (tertiary/aromatic N) is 2. The average molecular weight is 240 g/mol. The normalized spacial score (nSPS) is 20.9. The van der Waals surface area contributed by atoms with Crippen molar-refractivity contribution in [2.24, 2.45) is 0 Å². The van der Waals surface area contributed by atoms with E-state index in [9.17, 15) is 4.79 Å². The highest BCUT2D eigenvalue weighted by Crippen LogP contribution is 2.09. The lowest BCUT2D eigenvalue weighted by molar-refractivity contribution is 0.0708. The molecule has 1 N–H and O–H groups in total. The van der Waals surface area contributed by atoms with Crippen LogP contribution in [0.2, 0.25) is 5.15 Å². The molecule has 0 saturated carbocycles. The fraction of sp³-hybridized carbons (Fsp3) is 0.455. The van der Waals surface area contributed by atoms with Gasteiger partial charge in [-0.3, -0.25) is 4.79 Å². The van der Waals surface area contributed by atoms with Crippen molar-refractivity contribution < 1.29 is 4.79 Å². The zero-order valence-electron chi connectivity index (χ0n) is 9.11. The maximum Gasteiger partial charge on any atom is 0.255 e. The number of halogens is 1. The number of carbonyl (C=O) groups excluding carboxylic acids is 1. The van der Waals surface area contributed by atoms with Crippen LogP contribution in [0, 0.1) is 0 Å². The third-order valence-corrected chi connectivity index (χ3v) is 2.85. The highest BCUT2D eigenvalue weighted by atomic mass is 35.5. The number of pyridine rings is 1. The number of hydrogen-bond acceptors (Lipinski definition) is 3. The zero-order valence-corrected chi connectivity index (χ0v) is 9.87. The minimum absolute atomic E-state index is 0.0255. The molecule has 4 nitrogen and oxygen atoms in total. The Kier molecular flexibility index (Phi) is 3.41. The van der Waals surface area contributed by atoms with Gasteiger partial charge in [0.15, 0.2) is 0 Å². The minimum Gasteiger partial charge on any atom is -0.336 e. The molecule has 16 heavy (non-hydrogen) atoms. The number of hydrogen-bond donors (Lipinski definition) is 1. The summed E-state index contributed by atoms with van der Waals surface area (Å²) in [6, 6.07) is 3.70. The van der Waals surface area contributed by atoms with E-state index in [0.717, 1.165) is 19.6 Å². The van der Waals surface area contributed by atoms with Crippen LogP contribution in [0.5, 0.6) is 0 Å². The van der Waals surface area contributed by atoms with E-state index < -0.39 is 0 Å². The first-order valence-corrected chi connectivity index (χ1v) is 5.69. The summed E-state index contributed by atoms with van der Waals surface area (Å²) in [6.45, 7) is 4.39. The van der Waals surface area contributed by atoms with Crippen molar-refractivity contribution in [3.05, 3.63) is 29.0 Å². The molecule has 0 spiro atoms. The molecule has 86 valence electrons. The van der Waals surface area contributed by atoms with Gasteiger partial charge in [-0.15, -0.1) is 0 Å². The molecule has 1 amide bonds. The van der Waals surface area contributed by atoms with E-state index in [0.29, 0.717) is 16.8 Å². The van der Waals surface area contributed by atoms with Crippen LogP contribution in [0.1, 0.15) is 17.3 Å². The number of rotatable bonds is 1. The number of amides is 1. The second kappa shape index (κ2) is 4.80. The Balaban J connectivity index is 2.09. The summed E-state index contributed by atoms with van der Waals surface area (Å²) in [4.78, 5) is 17.8. The summed E-state index contributed by atoms with van der Waals surface area (Å²) in [5.41, 5.74) is 0.596. The number of aromatic nitrogens is 1. The van der Waals surface area contributed by atoms with E-state index in [1.807, 2.05) is 4.90 Å². The van der Waals surface area contributed by atoms with Gasteiger partial charge in [0.2, 0.25) is 0 Å².